The minimum absolute atomic E-state index is 0.136. The molecule has 3 unspecified atom stereocenters. The summed E-state index contributed by atoms with van der Waals surface area (Å²) in [5.74, 6) is -1.54. The predicted octanol–water partition coefficient (Wildman–Crippen LogP) is 16.2. The summed E-state index contributed by atoms with van der Waals surface area (Å²) in [7, 11) is -4.77. The fourth-order valence-corrected chi connectivity index (χ4v) is 7.77. The smallest absolute Gasteiger partial charge is 0.462 e. The molecule has 410 valence electrons. The first-order valence-corrected chi connectivity index (χ1v) is 29.3. The second kappa shape index (κ2) is 53.4. The molecule has 0 aromatic carbocycles. The van der Waals surface area contributed by atoms with E-state index in [9.17, 15) is 28.9 Å². The van der Waals surface area contributed by atoms with Crippen molar-refractivity contribution in [3.8, 4) is 0 Å². The average molecular weight is 1030 g/mol. The molecule has 0 aliphatic rings. The summed E-state index contributed by atoms with van der Waals surface area (Å²) < 4.78 is 39.4. The van der Waals surface area contributed by atoms with Crippen molar-refractivity contribution < 1.29 is 52.2 Å². The Kier molecular flexibility index (Phi) is 50.6. The third-order valence-electron chi connectivity index (χ3n) is 11.1. The number of ether oxygens (including phenoxy) is 3. The molecule has 0 aromatic rings. The zero-order valence-electron chi connectivity index (χ0n) is 45.1. The van der Waals surface area contributed by atoms with Crippen molar-refractivity contribution in [3.05, 3.63) is 109 Å². The molecule has 2 N–H and O–H groups in total. The van der Waals surface area contributed by atoms with E-state index in [0.29, 0.717) is 19.3 Å². The maximum atomic E-state index is 12.9. The number of carbonyl (C=O) groups is 3. The SMILES string of the molecule is CC/C=C\C/C=C\C/C=C\C/C=C\CCCCCCC(=O)OCC(COP(=O)(O)OCC(CO)OC(=O)CCCCCCC/C=C\C/C=C\CCC)OC(=O)CCCCCCC/C=C\C/C=C\C/C=C\CC. The summed E-state index contributed by atoms with van der Waals surface area (Å²) in [5, 5.41) is 9.79. The van der Waals surface area contributed by atoms with E-state index in [0.717, 1.165) is 154 Å². The van der Waals surface area contributed by atoms with Gasteiger partial charge in [-0.15, -0.1) is 0 Å². The number of esters is 3. The van der Waals surface area contributed by atoms with Gasteiger partial charge in [0.25, 0.3) is 0 Å². The standard InChI is InChI=1S/C60H99O11P/c1-4-7-10-13-16-19-22-25-27-28-30-32-34-37-40-43-46-49-58(62)67-53-57(71-60(64)51-48-45-42-39-36-33-29-26-23-20-17-14-11-8-5-2)55-69-72(65,66)68-54-56(52-61)70-59(63)50-47-44-41-38-35-31-24-21-18-15-12-9-6-3/h7-8,10-12,15-17,19-21,24-27,29-30,32,56-57,61H,4-6,9,13-14,18,22-23,28,31,33-55H2,1-3H3,(H,65,66)/b10-7-,11-8-,15-12-,19-16-,20-17-,24-21-,27-25-,29-26-,32-30-. The normalized spacial score (nSPS) is 14.2. The summed E-state index contributed by atoms with van der Waals surface area (Å²) in [5.41, 5.74) is 0. The van der Waals surface area contributed by atoms with Gasteiger partial charge in [-0.3, -0.25) is 23.4 Å². The van der Waals surface area contributed by atoms with Gasteiger partial charge < -0.3 is 24.2 Å². The maximum Gasteiger partial charge on any atom is 0.472 e. The Balaban J connectivity index is 4.82. The molecule has 0 aliphatic heterocycles. The van der Waals surface area contributed by atoms with Crippen LogP contribution in [0.15, 0.2) is 109 Å². The molecule has 0 saturated heterocycles. The molecule has 0 fully saturated rings. The lowest BCUT2D eigenvalue weighted by molar-refractivity contribution is -0.161. The Hall–Kier alpha value is -3.86. The van der Waals surface area contributed by atoms with Crippen LogP contribution in [0.25, 0.3) is 0 Å². The zero-order chi connectivity index (χ0) is 52.7. The third kappa shape index (κ3) is 51.1. The van der Waals surface area contributed by atoms with Crippen LogP contribution in [0.3, 0.4) is 0 Å². The van der Waals surface area contributed by atoms with Gasteiger partial charge in [0.2, 0.25) is 0 Å². The monoisotopic (exact) mass is 1030 g/mol. The molecule has 12 heteroatoms. The Bertz CT molecular complexity index is 1620. The predicted molar refractivity (Wildman–Crippen MR) is 297 cm³/mol. The molecule has 0 rings (SSSR count). The highest BCUT2D eigenvalue weighted by Gasteiger charge is 2.28. The van der Waals surface area contributed by atoms with E-state index in [4.69, 9.17) is 23.3 Å². The van der Waals surface area contributed by atoms with Crippen molar-refractivity contribution in [1.82, 2.24) is 0 Å². The van der Waals surface area contributed by atoms with Gasteiger partial charge in [-0.25, -0.2) is 4.57 Å². The van der Waals surface area contributed by atoms with Gasteiger partial charge in [0, 0.05) is 19.3 Å². The first-order valence-electron chi connectivity index (χ1n) is 27.8. The second-order valence-corrected chi connectivity index (χ2v) is 19.4. The zero-order valence-corrected chi connectivity index (χ0v) is 46.0. The third-order valence-corrected chi connectivity index (χ3v) is 12.1. The molecule has 3 atom stereocenters. The van der Waals surface area contributed by atoms with Gasteiger partial charge in [0.05, 0.1) is 19.8 Å². The van der Waals surface area contributed by atoms with Crippen molar-refractivity contribution >= 4 is 25.7 Å². The number of aliphatic hydroxyl groups excluding tert-OH is 1. The van der Waals surface area contributed by atoms with Crippen LogP contribution in [0.2, 0.25) is 0 Å². The minimum Gasteiger partial charge on any atom is -0.462 e. The Labute approximate surface area is 437 Å². The highest BCUT2D eigenvalue weighted by atomic mass is 31.2. The molecule has 0 aromatic heterocycles. The number of carbonyl (C=O) groups excluding carboxylic acids is 3. The number of unbranched alkanes of at least 4 members (excludes halogenated alkanes) is 15. The molecule has 0 aliphatic carbocycles. The van der Waals surface area contributed by atoms with Crippen molar-refractivity contribution in [2.24, 2.45) is 0 Å². The fraction of sp³-hybridized carbons (Fsp3) is 0.650. The van der Waals surface area contributed by atoms with E-state index in [1.807, 2.05) is 0 Å². The topological polar surface area (TPSA) is 155 Å². The Morgan fingerprint density at radius 3 is 1.11 bits per heavy atom. The molecular formula is C60H99O11P. The van der Waals surface area contributed by atoms with Crippen LogP contribution in [0.5, 0.6) is 0 Å². The number of phosphoric ester groups is 1. The lowest BCUT2D eigenvalue weighted by Gasteiger charge is -2.21. The van der Waals surface area contributed by atoms with Gasteiger partial charge in [-0.1, -0.05) is 188 Å². The molecule has 0 radical (unpaired) electrons. The average Bonchev–Trinajstić information content (AvgIpc) is 3.37. The lowest BCUT2D eigenvalue weighted by atomic mass is 10.1. The number of rotatable bonds is 50. The molecule has 0 spiro atoms. The van der Waals surface area contributed by atoms with E-state index >= 15 is 0 Å². The van der Waals surface area contributed by atoms with E-state index in [1.54, 1.807) is 0 Å². The largest absolute Gasteiger partial charge is 0.472 e. The van der Waals surface area contributed by atoms with Gasteiger partial charge in [0.15, 0.2) is 6.10 Å². The van der Waals surface area contributed by atoms with Crippen LogP contribution in [0.4, 0.5) is 0 Å². The molecule has 0 saturated carbocycles. The summed E-state index contributed by atoms with van der Waals surface area (Å²) >= 11 is 0. The highest BCUT2D eigenvalue weighted by molar-refractivity contribution is 7.47. The van der Waals surface area contributed by atoms with Crippen LogP contribution >= 0.6 is 7.82 Å². The van der Waals surface area contributed by atoms with Gasteiger partial charge in [0.1, 0.15) is 12.7 Å². The first-order chi connectivity index (χ1) is 35.2. The number of allylic oxidation sites excluding steroid dienone is 18. The van der Waals surface area contributed by atoms with Crippen LogP contribution < -0.4 is 0 Å². The number of phosphoric acid groups is 1. The van der Waals surface area contributed by atoms with Crippen molar-refractivity contribution in [1.29, 1.82) is 0 Å². The van der Waals surface area contributed by atoms with Gasteiger partial charge in [-0.2, -0.15) is 0 Å². The summed E-state index contributed by atoms with van der Waals surface area (Å²) in [6.07, 6.45) is 63.3. The first kappa shape index (κ1) is 68.1. The number of aliphatic hydroxyl groups is 1. The highest BCUT2D eigenvalue weighted by Crippen LogP contribution is 2.43. The second-order valence-electron chi connectivity index (χ2n) is 18.0. The Morgan fingerprint density at radius 2 is 0.722 bits per heavy atom. The van der Waals surface area contributed by atoms with Crippen LogP contribution in [0.1, 0.15) is 213 Å². The van der Waals surface area contributed by atoms with Gasteiger partial charge in [-0.05, 0) is 116 Å². The van der Waals surface area contributed by atoms with Crippen LogP contribution in [-0.4, -0.2) is 66.5 Å². The summed E-state index contributed by atoms with van der Waals surface area (Å²) in [4.78, 5) is 48.5. The van der Waals surface area contributed by atoms with E-state index in [-0.39, 0.29) is 25.9 Å². The molecule has 11 nitrogen and oxygen atoms in total. The van der Waals surface area contributed by atoms with Gasteiger partial charge >= 0.3 is 25.7 Å². The molecule has 0 amide bonds. The maximum absolute atomic E-state index is 12.9. The minimum atomic E-state index is -4.77. The molecule has 72 heavy (non-hydrogen) atoms. The van der Waals surface area contributed by atoms with Crippen molar-refractivity contribution in [2.75, 3.05) is 26.4 Å². The number of hydrogen-bond acceptors (Lipinski definition) is 10. The lowest BCUT2D eigenvalue weighted by Crippen LogP contribution is -2.30. The van der Waals surface area contributed by atoms with E-state index in [2.05, 4.69) is 130 Å². The quantitative estimate of drug-likeness (QED) is 0.0197. The van der Waals surface area contributed by atoms with Crippen LogP contribution in [-0.2, 0) is 42.2 Å². The van der Waals surface area contributed by atoms with Crippen molar-refractivity contribution in [2.45, 2.75) is 226 Å². The number of hydrogen-bond donors (Lipinski definition) is 2. The molecule has 0 heterocycles. The molecular weight excluding hydrogens is 928 g/mol. The summed E-state index contributed by atoms with van der Waals surface area (Å²) in [6, 6.07) is 0. The summed E-state index contributed by atoms with van der Waals surface area (Å²) in [6.45, 7) is 4.27. The molecule has 0 bridgehead atoms. The van der Waals surface area contributed by atoms with Crippen LogP contribution in [0, 0.1) is 0 Å². The van der Waals surface area contributed by atoms with E-state index < -0.39 is 57.8 Å². The Morgan fingerprint density at radius 1 is 0.403 bits per heavy atom. The van der Waals surface area contributed by atoms with Crippen molar-refractivity contribution in [3.63, 3.8) is 0 Å². The van der Waals surface area contributed by atoms with E-state index in [1.165, 1.54) is 0 Å². The fourth-order valence-electron chi connectivity index (χ4n) is 6.99.